The van der Waals surface area contributed by atoms with Crippen LogP contribution < -0.4 is 10.2 Å². The second kappa shape index (κ2) is 9.49. The van der Waals surface area contributed by atoms with Gasteiger partial charge in [0.15, 0.2) is 5.96 Å². The Bertz CT molecular complexity index is 843. The molecule has 1 fully saturated rings. The lowest BCUT2D eigenvalue weighted by Gasteiger charge is -2.35. The van der Waals surface area contributed by atoms with Crippen molar-refractivity contribution in [3.8, 4) is 0 Å². The topological polar surface area (TPSA) is 65.8 Å². The van der Waals surface area contributed by atoms with E-state index in [1.54, 1.807) is 28.9 Å². The molecule has 0 unspecified atom stereocenters. The van der Waals surface area contributed by atoms with Gasteiger partial charge in [-0.3, -0.25) is 14.5 Å². The smallest absolute Gasteiger partial charge is 0.246 e. The van der Waals surface area contributed by atoms with Crippen LogP contribution in [0.15, 0.2) is 40.1 Å². The number of carbonyl (C=O) groups is 1. The summed E-state index contributed by atoms with van der Waals surface area (Å²) in [5.74, 6) is 0.300. The van der Waals surface area contributed by atoms with Gasteiger partial charge in [0.1, 0.15) is 12.4 Å². The Labute approximate surface area is 182 Å². The maximum absolute atomic E-state index is 13.6. The van der Waals surface area contributed by atoms with Crippen molar-refractivity contribution in [2.24, 2.45) is 12.0 Å². The lowest BCUT2D eigenvalue weighted by Crippen LogP contribution is -2.55. The molecule has 2 heterocycles. The Balaban J connectivity index is 0.00000261. The first kappa shape index (κ1) is 21.6. The van der Waals surface area contributed by atoms with Crippen LogP contribution in [0.3, 0.4) is 0 Å². The molecule has 10 heteroatoms. The third-order valence-electron chi connectivity index (χ3n) is 4.17. The molecule has 0 saturated carbocycles. The van der Waals surface area contributed by atoms with Crippen molar-refractivity contribution in [3.63, 3.8) is 0 Å². The van der Waals surface area contributed by atoms with Crippen LogP contribution in [0.5, 0.6) is 0 Å². The van der Waals surface area contributed by atoms with Crippen LogP contribution in [-0.4, -0.2) is 53.2 Å². The standard InChI is InChI=1S/C17H20BrFN6O.HI/c1-20-17(21-8-12-3-4-14(18)15(19)7-12)24-5-6-25(16(26)11-24)13-9-22-23(2)10-13;/h3-4,7,9-10H,5-6,8,11H2,1-2H3,(H,20,21);1H. The van der Waals surface area contributed by atoms with Crippen LogP contribution in [0, 0.1) is 5.82 Å². The molecule has 1 aliphatic heterocycles. The van der Waals surface area contributed by atoms with Crippen LogP contribution in [0.1, 0.15) is 5.56 Å². The SMILES string of the molecule is CN=C(NCc1ccc(Br)c(F)c1)N1CCN(c2cnn(C)c2)C(=O)C1.I. The summed E-state index contributed by atoms with van der Waals surface area (Å²) in [4.78, 5) is 20.4. The van der Waals surface area contributed by atoms with Crippen LogP contribution in [0.25, 0.3) is 0 Å². The third-order valence-corrected chi connectivity index (χ3v) is 4.81. The number of benzene rings is 1. The summed E-state index contributed by atoms with van der Waals surface area (Å²) in [7, 11) is 3.49. The molecule has 1 aromatic heterocycles. The van der Waals surface area contributed by atoms with E-state index in [9.17, 15) is 9.18 Å². The summed E-state index contributed by atoms with van der Waals surface area (Å²) in [6.07, 6.45) is 3.51. The van der Waals surface area contributed by atoms with Crippen LogP contribution in [-0.2, 0) is 18.4 Å². The van der Waals surface area contributed by atoms with Crippen molar-refractivity contribution >= 4 is 57.5 Å². The number of piperazine rings is 1. The van der Waals surface area contributed by atoms with E-state index in [4.69, 9.17) is 0 Å². The summed E-state index contributed by atoms with van der Waals surface area (Å²) in [5, 5.41) is 7.30. The molecule has 3 rings (SSSR count). The van der Waals surface area contributed by atoms with Crippen molar-refractivity contribution in [2.75, 3.05) is 31.6 Å². The van der Waals surface area contributed by atoms with Crippen molar-refractivity contribution in [1.29, 1.82) is 0 Å². The van der Waals surface area contributed by atoms with Gasteiger partial charge in [-0.25, -0.2) is 4.39 Å². The second-order valence-corrected chi connectivity index (χ2v) is 6.84. The monoisotopic (exact) mass is 550 g/mol. The predicted octanol–water partition coefficient (Wildman–Crippen LogP) is 2.36. The molecule has 1 amide bonds. The van der Waals surface area contributed by atoms with Crippen molar-refractivity contribution in [2.45, 2.75) is 6.54 Å². The van der Waals surface area contributed by atoms with E-state index in [1.165, 1.54) is 6.07 Å². The normalized spacial score (nSPS) is 15.0. The summed E-state index contributed by atoms with van der Waals surface area (Å²) in [6, 6.07) is 4.97. The largest absolute Gasteiger partial charge is 0.352 e. The Hall–Kier alpha value is -1.69. The summed E-state index contributed by atoms with van der Waals surface area (Å²) >= 11 is 3.14. The molecule has 1 saturated heterocycles. The fourth-order valence-corrected chi connectivity index (χ4v) is 3.08. The van der Waals surface area contributed by atoms with E-state index in [1.807, 2.05) is 24.2 Å². The van der Waals surface area contributed by atoms with E-state index in [-0.39, 0.29) is 42.2 Å². The quantitative estimate of drug-likeness (QED) is 0.362. The number of guanidine groups is 1. The lowest BCUT2D eigenvalue weighted by molar-refractivity contribution is -0.120. The molecule has 0 aliphatic carbocycles. The van der Waals surface area contributed by atoms with Gasteiger partial charge >= 0.3 is 0 Å². The van der Waals surface area contributed by atoms with Crippen molar-refractivity contribution in [3.05, 3.63) is 46.4 Å². The molecular formula is C17H21BrFIN6O. The van der Waals surface area contributed by atoms with Crippen LogP contribution in [0.2, 0.25) is 0 Å². The van der Waals surface area contributed by atoms with E-state index in [2.05, 4.69) is 31.3 Å². The Morgan fingerprint density at radius 2 is 2.19 bits per heavy atom. The highest BCUT2D eigenvalue weighted by molar-refractivity contribution is 14.0. The Morgan fingerprint density at radius 3 is 2.78 bits per heavy atom. The number of aryl methyl sites for hydroxylation is 1. The summed E-state index contributed by atoms with van der Waals surface area (Å²) in [5.41, 5.74) is 1.60. The zero-order valence-electron chi connectivity index (χ0n) is 15.0. The molecule has 1 aromatic carbocycles. The number of nitrogens with one attached hydrogen (secondary N) is 1. The van der Waals surface area contributed by atoms with Gasteiger partial charge < -0.3 is 15.1 Å². The third kappa shape index (κ3) is 5.18. The minimum absolute atomic E-state index is 0. The molecule has 0 spiro atoms. The van der Waals surface area contributed by atoms with E-state index in [0.717, 1.165) is 11.3 Å². The maximum atomic E-state index is 13.6. The maximum Gasteiger partial charge on any atom is 0.246 e. The Morgan fingerprint density at radius 1 is 1.41 bits per heavy atom. The highest BCUT2D eigenvalue weighted by Gasteiger charge is 2.27. The number of rotatable bonds is 3. The van der Waals surface area contributed by atoms with E-state index < -0.39 is 0 Å². The predicted molar refractivity (Wildman–Crippen MR) is 117 cm³/mol. The molecule has 27 heavy (non-hydrogen) atoms. The van der Waals surface area contributed by atoms with Gasteiger partial charge in [0.05, 0.1) is 16.4 Å². The lowest BCUT2D eigenvalue weighted by atomic mass is 10.2. The van der Waals surface area contributed by atoms with Gasteiger partial charge in [-0.1, -0.05) is 6.07 Å². The van der Waals surface area contributed by atoms with Gasteiger partial charge in [0.2, 0.25) is 5.91 Å². The molecule has 0 bridgehead atoms. The first-order chi connectivity index (χ1) is 12.5. The highest BCUT2D eigenvalue weighted by Crippen LogP contribution is 2.17. The van der Waals surface area contributed by atoms with Gasteiger partial charge in [-0.05, 0) is 33.6 Å². The number of anilines is 1. The molecule has 0 radical (unpaired) electrons. The van der Waals surface area contributed by atoms with E-state index in [0.29, 0.717) is 30.1 Å². The first-order valence-corrected chi connectivity index (χ1v) is 8.96. The molecule has 0 atom stereocenters. The number of hydrogen-bond donors (Lipinski definition) is 1. The zero-order chi connectivity index (χ0) is 18.7. The minimum atomic E-state index is -0.306. The number of halogens is 3. The first-order valence-electron chi connectivity index (χ1n) is 8.16. The Kier molecular flexibility index (Phi) is 7.59. The molecule has 7 nitrogen and oxygen atoms in total. The van der Waals surface area contributed by atoms with Gasteiger partial charge in [0, 0.05) is 39.9 Å². The number of amides is 1. The molecule has 1 aliphatic rings. The fraction of sp³-hybridized carbons (Fsp3) is 0.353. The average molecular weight is 551 g/mol. The molecule has 1 N–H and O–H groups in total. The summed E-state index contributed by atoms with van der Waals surface area (Å²) < 4.78 is 15.7. The fourth-order valence-electron chi connectivity index (χ4n) is 2.84. The number of hydrogen-bond acceptors (Lipinski definition) is 3. The van der Waals surface area contributed by atoms with E-state index >= 15 is 0 Å². The number of nitrogens with zero attached hydrogens (tertiary/aromatic N) is 5. The molecule has 146 valence electrons. The average Bonchev–Trinajstić information content (AvgIpc) is 3.04. The second-order valence-electron chi connectivity index (χ2n) is 5.99. The zero-order valence-corrected chi connectivity index (χ0v) is 18.9. The number of aromatic nitrogens is 2. The van der Waals surface area contributed by atoms with Crippen LogP contribution >= 0.6 is 39.9 Å². The van der Waals surface area contributed by atoms with Crippen LogP contribution in [0.4, 0.5) is 10.1 Å². The molecule has 2 aromatic rings. The van der Waals surface area contributed by atoms with Gasteiger partial charge in [-0.15, -0.1) is 24.0 Å². The summed E-state index contributed by atoms with van der Waals surface area (Å²) in [6.45, 7) is 1.85. The number of carbonyl (C=O) groups excluding carboxylic acids is 1. The number of aliphatic imine (C=N–C) groups is 1. The van der Waals surface area contributed by atoms with Gasteiger partial charge in [0.25, 0.3) is 0 Å². The van der Waals surface area contributed by atoms with Crippen molar-refractivity contribution in [1.82, 2.24) is 20.0 Å². The minimum Gasteiger partial charge on any atom is -0.352 e. The van der Waals surface area contributed by atoms with Gasteiger partial charge in [-0.2, -0.15) is 5.10 Å². The highest BCUT2D eigenvalue weighted by atomic mass is 127. The van der Waals surface area contributed by atoms with Crippen molar-refractivity contribution < 1.29 is 9.18 Å². The molecular weight excluding hydrogens is 530 g/mol.